The molecule has 0 rings (SSSR count). The van der Waals surface area contributed by atoms with Crippen molar-refractivity contribution < 1.29 is 16.8 Å². The van der Waals surface area contributed by atoms with Gasteiger partial charge >= 0.3 is 0 Å². The van der Waals surface area contributed by atoms with Crippen molar-refractivity contribution in [2.75, 3.05) is 0 Å². The van der Waals surface area contributed by atoms with Gasteiger partial charge in [-0.15, -0.1) is 0 Å². The van der Waals surface area contributed by atoms with Crippen LogP contribution in [0.15, 0.2) is 0 Å². The largest absolute Gasteiger partial charge is 0.512 e. The first kappa shape index (κ1) is 82.5. The Morgan fingerprint density at radius 1 is 0.357 bits per heavy atom. The molecule has 0 aromatic rings. The molecular weight excluding hydrogens is 238 g/mol. The molecule has 0 atom stereocenters. The number of hydrogen-bond acceptors (Lipinski definition) is 6. The molecule has 0 aliphatic heterocycles. The van der Waals surface area contributed by atoms with Crippen LogP contribution in [-0.4, -0.2) is 29.6 Å². The maximum Gasteiger partial charge on any atom is 0 e. The third-order valence-corrected chi connectivity index (χ3v) is 0. The first-order valence-corrected chi connectivity index (χ1v) is 1.34. The van der Waals surface area contributed by atoms with Crippen molar-refractivity contribution in [3.63, 3.8) is 0 Å². The van der Waals surface area contributed by atoms with Gasteiger partial charge in [0, 0.05) is 46.3 Å². The molecule has 0 aromatic heterocycles. The normalized spacial score (nSPS) is 0.857. The molecule has 6 nitrogen and oxygen atoms in total. The van der Waals surface area contributed by atoms with Gasteiger partial charge in [-0.2, -0.15) is 0 Å². The van der Waals surface area contributed by atoms with Gasteiger partial charge in [-0.1, -0.05) is 0 Å². The van der Waals surface area contributed by atoms with Gasteiger partial charge < -0.3 is 71.0 Å². The molecular formula is C6CoN6Na-6. The second-order valence-electron chi connectivity index (χ2n) is 0. The van der Waals surface area contributed by atoms with Crippen LogP contribution in [0.3, 0.4) is 0 Å². The number of nitrogens with zero attached hydrogens (tertiary/aromatic N) is 6. The molecule has 0 heterocycles. The van der Waals surface area contributed by atoms with Crippen LogP contribution in [-0.2, 0) is 16.8 Å². The Morgan fingerprint density at radius 2 is 0.357 bits per heavy atom. The smallest absolute Gasteiger partial charge is 0 e. The van der Waals surface area contributed by atoms with Crippen LogP contribution in [0.4, 0.5) is 0 Å². The van der Waals surface area contributed by atoms with Crippen molar-refractivity contribution >= 4 is 29.6 Å². The zero-order chi connectivity index (χ0) is 12.0. The predicted molar refractivity (Wildman–Crippen MR) is 35.6 cm³/mol. The standard InChI is InChI=1S/6CN.Co.Na/c6*1-2;;/q6*-1;;. The van der Waals surface area contributed by atoms with Crippen LogP contribution < -0.4 is 0 Å². The predicted octanol–water partition coefficient (Wildman–Crippen LogP) is 0.195. The summed E-state index contributed by atoms with van der Waals surface area (Å²) in [7, 11) is 0. The molecule has 0 aliphatic rings. The second kappa shape index (κ2) is 518. The van der Waals surface area contributed by atoms with Crippen LogP contribution in [0.5, 0.6) is 0 Å². The fourth-order valence-corrected chi connectivity index (χ4v) is 0. The Balaban J connectivity index is -0.00000000500. The van der Waals surface area contributed by atoms with E-state index in [1.54, 1.807) is 0 Å². The zero-order valence-corrected chi connectivity index (χ0v) is 10.1. The van der Waals surface area contributed by atoms with E-state index in [0.29, 0.717) is 0 Å². The molecule has 0 fully saturated rings. The summed E-state index contributed by atoms with van der Waals surface area (Å²) in [6.07, 6.45) is 0. The van der Waals surface area contributed by atoms with Gasteiger partial charge in [0.05, 0.1) is 0 Å². The summed E-state index contributed by atoms with van der Waals surface area (Å²) in [6.45, 7) is 28.5. The minimum Gasteiger partial charge on any atom is -0.512 e. The van der Waals surface area contributed by atoms with Crippen molar-refractivity contribution in [3.05, 3.63) is 39.4 Å². The zero-order valence-electron chi connectivity index (χ0n) is 7.02. The molecule has 0 bridgehead atoms. The fraction of sp³-hybridized carbons (Fsp3) is 0. The van der Waals surface area contributed by atoms with Crippen molar-refractivity contribution in [3.8, 4) is 0 Å². The van der Waals surface area contributed by atoms with Crippen molar-refractivity contribution in [1.29, 1.82) is 31.6 Å². The maximum atomic E-state index is 6.25. The SMILES string of the molecule is [C-]#N.[C-]#N.[C-]#N.[C-]#N.[C-]#N.[C-]#N.[Co].[Na]. The quantitative estimate of drug-likeness (QED) is 0.435. The fourth-order valence-electron chi connectivity index (χ4n) is 0. The van der Waals surface area contributed by atoms with Crippen molar-refractivity contribution in [2.45, 2.75) is 0 Å². The van der Waals surface area contributed by atoms with Crippen LogP contribution in [0.1, 0.15) is 0 Å². The van der Waals surface area contributed by atoms with Gasteiger partial charge in [0.25, 0.3) is 0 Å². The first-order valence-electron chi connectivity index (χ1n) is 1.34. The molecule has 0 aliphatic carbocycles. The van der Waals surface area contributed by atoms with Gasteiger partial charge in [-0.25, -0.2) is 0 Å². The Hall–Kier alpha value is -1.55. The summed E-state index contributed by atoms with van der Waals surface area (Å²) in [6, 6.07) is 0. The van der Waals surface area contributed by atoms with Gasteiger partial charge in [0.1, 0.15) is 0 Å². The summed E-state index contributed by atoms with van der Waals surface area (Å²) in [5, 5.41) is 37.5. The first-order chi connectivity index (χ1) is 6.00. The summed E-state index contributed by atoms with van der Waals surface area (Å²) in [4.78, 5) is 0. The molecule has 0 saturated carbocycles. The van der Waals surface area contributed by atoms with Gasteiger partial charge in [0.2, 0.25) is 0 Å². The minimum atomic E-state index is 0. The van der Waals surface area contributed by atoms with Crippen molar-refractivity contribution in [1.82, 2.24) is 0 Å². The Morgan fingerprint density at radius 3 is 0.357 bits per heavy atom. The summed E-state index contributed by atoms with van der Waals surface area (Å²) in [5.41, 5.74) is 0. The molecule has 2 radical (unpaired) electrons. The van der Waals surface area contributed by atoms with E-state index >= 15 is 0 Å². The second-order valence-corrected chi connectivity index (χ2v) is 0. The molecule has 0 unspecified atom stereocenters. The molecule has 8 heteroatoms. The average molecular weight is 238 g/mol. The average Bonchev–Trinajstić information content (AvgIpc) is 2.33. The van der Waals surface area contributed by atoms with E-state index in [2.05, 4.69) is 0 Å². The molecule has 0 amide bonds. The molecule has 14 heavy (non-hydrogen) atoms. The van der Waals surface area contributed by atoms with Crippen LogP contribution in [0.25, 0.3) is 0 Å². The van der Waals surface area contributed by atoms with E-state index in [0.717, 1.165) is 0 Å². The van der Waals surface area contributed by atoms with E-state index in [-0.39, 0.29) is 46.3 Å². The van der Waals surface area contributed by atoms with Crippen LogP contribution >= 0.6 is 0 Å². The molecule has 0 saturated heterocycles. The van der Waals surface area contributed by atoms with Crippen LogP contribution in [0, 0.1) is 71.0 Å². The monoisotopic (exact) mass is 238 g/mol. The number of rotatable bonds is 0. The van der Waals surface area contributed by atoms with E-state index in [1.165, 1.54) is 0 Å². The number of hydrogen-bond donors (Lipinski definition) is 0. The third kappa shape index (κ3) is 386. The van der Waals surface area contributed by atoms with E-state index in [1.807, 2.05) is 0 Å². The maximum absolute atomic E-state index is 6.25. The Labute approximate surface area is 117 Å². The van der Waals surface area contributed by atoms with Gasteiger partial charge in [0.15, 0.2) is 0 Å². The van der Waals surface area contributed by atoms with E-state index in [4.69, 9.17) is 71.0 Å². The van der Waals surface area contributed by atoms with Gasteiger partial charge in [-0.05, 0) is 0 Å². The van der Waals surface area contributed by atoms with Crippen molar-refractivity contribution in [2.24, 2.45) is 0 Å². The molecule has 0 spiro atoms. The topological polar surface area (TPSA) is 143 Å². The minimum absolute atomic E-state index is 0. The van der Waals surface area contributed by atoms with E-state index in [9.17, 15) is 0 Å². The molecule has 0 N–H and O–H groups in total. The third-order valence-electron chi connectivity index (χ3n) is 0. The molecule has 70 valence electrons. The summed E-state index contributed by atoms with van der Waals surface area (Å²) >= 11 is 0. The van der Waals surface area contributed by atoms with Gasteiger partial charge in [-0.3, -0.25) is 0 Å². The Bertz CT molecular complexity index is 97.3. The van der Waals surface area contributed by atoms with E-state index < -0.39 is 0 Å². The Kier molecular flexibility index (Phi) is 3050. The van der Waals surface area contributed by atoms with Crippen LogP contribution in [0.2, 0.25) is 0 Å². The molecule has 0 aromatic carbocycles. The summed E-state index contributed by atoms with van der Waals surface area (Å²) in [5.74, 6) is 0. The summed E-state index contributed by atoms with van der Waals surface area (Å²) < 4.78 is 0.